The third kappa shape index (κ3) is 3.52. The Bertz CT molecular complexity index is 784. The SMILES string of the molecule is CC(C)(C)[Si](C)(C)OC1CC[C@@]2(C)[C@H](C1)C(=O)OC[C@@H]1[C@@H]2CC[C@@]2(C)[C@H]1CCC21OCCO1. The maximum absolute atomic E-state index is 13.4. The Kier molecular flexibility index (Phi) is 5.72. The van der Waals surface area contributed by atoms with Crippen molar-refractivity contribution in [3.63, 3.8) is 0 Å². The number of rotatable bonds is 2. The molecule has 0 bridgehead atoms. The normalized spacial score (nSPS) is 45.2. The van der Waals surface area contributed by atoms with Crippen LogP contribution in [-0.4, -0.2) is 46.0 Å². The molecular weight excluding hydrogens is 432 g/mol. The van der Waals surface area contributed by atoms with Gasteiger partial charge < -0.3 is 18.6 Å². The number of ether oxygens (including phenoxy) is 3. The topological polar surface area (TPSA) is 54.0 Å². The summed E-state index contributed by atoms with van der Waals surface area (Å²) in [5.41, 5.74) is 0.0237. The van der Waals surface area contributed by atoms with Gasteiger partial charge in [0.05, 0.1) is 25.7 Å². The van der Waals surface area contributed by atoms with Crippen LogP contribution < -0.4 is 0 Å². The third-order valence-electron chi connectivity index (χ3n) is 11.4. The molecule has 5 fully saturated rings. The zero-order valence-electron chi connectivity index (χ0n) is 22.0. The molecule has 0 amide bonds. The average Bonchev–Trinajstić information content (AvgIpc) is 3.30. The summed E-state index contributed by atoms with van der Waals surface area (Å²) in [6, 6.07) is 0. The van der Waals surface area contributed by atoms with E-state index < -0.39 is 14.1 Å². The highest BCUT2D eigenvalue weighted by molar-refractivity contribution is 6.74. The molecule has 0 radical (unpaired) electrons. The first-order valence-electron chi connectivity index (χ1n) is 13.5. The quantitative estimate of drug-likeness (QED) is 0.364. The Labute approximate surface area is 201 Å². The molecule has 2 heterocycles. The van der Waals surface area contributed by atoms with Crippen LogP contribution >= 0.6 is 0 Å². The highest BCUT2D eigenvalue weighted by atomic mass is 28.4. The van der Waals surface area contributed by atoms with Gasteiger partial charge in [0.2, 0.25) is 0 Å². The van der Waals surface area contributed by atoms with Gasteiger partial charge in [-0.3, -0.25) is 4.79 Å². The second-order valence-corrected chi connectivity index (χ2v) is 18.5. The predicted molar refractivity (Wildman–Crippen MR) is 130 cm³/mol. The van der Waals surface area contributed by atoms with Crippen LogP contribution in [-0.2, 0) is 23.4 Å². The van der Waals surface area contributed by atoms with E-state index in [1.54, 1.807) is 0 Å². The Morgan fingerprint density at radius 3 is 2.30 bits per heavy atom. The number of carbonyl (C=O) groups excluding carboxylic acids is 1. The molecule has 0 aromatic rings. The van der Waals surface area contributed by atoms with Crippen LogP contribution in [0.3, 0.4) is 0 Å². The first-order chi connectivity index (χ1) is 15.3. The number of carbonyl (C=O) groups is 1. The fraction of sp³-hybridized carbons (Fsp3) is 0.963. The van der Waals surface area contributed by atoms with Gasteiger partial charge in [0.1, 0.15) is 0 Å². The third-order valence-corrected chi connectivity index (χ3v) is 15.9. The highest BCUT2D eigenvalue weighted by Gasteiger charge is 2.67. The predicted octanol–water partition coefficient (Wildman–Crippen LogP) is 5.93. The maximum atomic E-state index is 13.4. The van der Waals surface area contributed by atoms with E-state index >= 15 is 0 Å². The van der Waals surface area contributed by atoms with Crippen molar-refractivity contribution in [3.05, 3.63) is 0 Å². The molecule has 2 saturated heterocycles. The van der Waals surface area contributed by atoms with Gasteiger partial charge in [-0.05, 0) is 73.9 Å². The molecular formula is C27H46O5Si. The van der Waals surface area contributed by atoms with Crippen LogP contribution in [0.2, 0.25) is 18.1 Å². The van der Waals surface area contributed by atoms with Gasteiger partial charge in [-0.1, -0.05) is 34.6 Å². The van der Waals surface area contributed by atoms with E-state index in [1.807, 2.05) is 0 Å². The fourth-order valence-corrected chi connectivity index (χ4v) is 9.71. The first kappa shape index (κ1) is 24.3. The van der Waals surface area contributed by atoms with Crippen LogP contribution in [0.15, 0.2) is 0 Å². The van der Waals surface area contributed by atoms with Gasteiger partial charge in [0, 0.05) is 23.9 Å². The van der Waals surface area contributed by atoms with Crippen LogP contribution in [0.4, 0.5) is 0 Å². The summed E-state index contributed by atoms with van der Waals surface area (Å²) in [5.74, 6) is 1.01. The molecule has 7 atom stereocenters. The van der Waals surface area contributed by atoms with Crippen molar-refractivity contribution >= 4 is 14.3 Å². The molecule has 1 spiro atoms. The number of esters is 1. The largest absolute Gasteiger partial charge is 0.465 e. The molecule has 3 aliphatic carbocycles. The van der Waals surface area contributed by atoms with Gasteiger partial charge in [-0.15, -0.1) is 0 Å². The first-order valence-corrected chi connectivity index (χ1v) is 16.4. The average molecular weight is 479 g/mol. The monoisotopic (exact) mass is 478 g/mol. The summed E-state index contributed by atoms with van der Waals surface area (Å²) in [5, 5.41) is 0.180. The smallest absolute Gasteiger partial charge is 0.309 e. The van der Waals surface area contributed by atoms with Crippen molar-refractivity contribution in [2.75, 3.05) is 19.8 Å². The Balaban J connectivity index is 1.39. The fourth-order valence-electron chi connectivity index (χ4n) is 8.31. The van der Waals surface area contributed by atoms with Crippen molar-refractivity contribution < 1.29 is 23.4 Å². The molecule has 1 unspecified atom stereocenters. The Hall–Kier alpha value is -0.433. The Morgan fingerprint density at radius 2 is 1.64 bits per heavy atom. The molecule has 188 valence electrons. The lowest BCUT2D eigenvalue weighted by atomic mass is 9.49. The molecule has 0 aromatic heterocycles. The number of hydrogen-bond acceptors (Lipinski definition) is 5. The summed E-state index contributed by atoms with van der Waals surface area (Å²) in [6.45, 7) is 18.3. The highest BCUT2D eigenvalue weighted by Crippen LogP contribution is 2.67. The standard InChI is InChI=1S/C27H46O5Si/c1-24(2,3)33(6,7)32-18-8-11-25(4)20-9-12-26(5)21(10-13-27(26)30-14-15-31-27)19(20)17-29-23(28)22(25)16-18/h18-22H,8-17H2,1-7H3/t18?,19-,20+,21+,22-,25-,26+/m1/s1. The van der Waals surface area contributed by atoms with Crippen molar-refractivity contribution in [3.8, 4) is 0 Å². The lowest BCUT2D eigenvalue weighted by molar-refractivity contribution is -0.243. The van der Waals surface area contributed by atoms with Gasteiger partial charge in [0.25, 0.3) is 0 Å². The van der Waals surface area contributed by atoms with E-state index in [4.69, 9.17) is 18.6 Å². The van der Waals surface area contributed by atoms with Crippen LogP contribution in [0.1, 0.15) is 79.6 Å². The van der Waals surface area contributed by atoms with Gasteiger partial charge in [0.15, 0.2) is 14.1 Å². The van der Waals surface area contributed by atoms with Crippen molar-refractivity contribution in [2.24, 2.45) is 34.5 Å². The zero-order valence-corrected chi connectivity index (χ0v) is 23.0. The van der Waals surface area contributed by atoms with E-state index in [9.17, 15) is 4.79 Å². The van der Waals surface area contributed by atoms with E-state index in [0.29, 0.717) is 37.6 Å². The van der Waals surface area contributed by atoms with E-state index in [0.717, 1.165) is 44.9 Å². The zero-order chi connectivity index (χ0) is 23.9. The minimum absolute atomic E-state index is 0.0000144. The second kappa shape index (κ2) is 7.78. The van der Waals surface area contributed by atoms with Crippen LogP contribution in [0.25, 0.3) is 0 Å². The molecule has 0 N–H and O–H groups in total. The second-order valence-electron chi connectivity index (χ2n) is 13.8. The molecule has 0 aromatic carbocycles. The molecule has 2 aliphatic heterocycles. The molecule has 5 aliphatic rings. The molecule has 6 heteroatoms. The number of fused-ring (bicyclic) bond motifs is 6. The number of hydrogen-bond donors (Lipinski definition) is 0. The molecule has 5 nitrogen and oxygen atoms in total. The van der Waals surface area contributed by atoms with E-state index in [-0.39, 0.29) is 33.9 Å². The van der Waals surface area contributed by atoms with E-state index in [1.165, 1.54) is 0 Å². The lowest BCUT2D eigenvalue weighted by Gasteiger charge is -2.56. The minimum Gasteiger partial charge on any atom is -0.465 e. The summed E-state index contributed by atoms with van der Waals surface area (Å²) in [4.78, 5) is 13.4. The number of cyclic esters (lactones) is 1. The van der Waals surface area contributed by atoms with Crippen LogP contribution in [0, 0.1) is 34.5 Å². The molecule has 5 rings (SSSR count). The maximum Gasteiger partial charge on any atom is 0.309 e. The summed E-state index contributed by atoms with van der Waals surface area (Å²) < 4.78 is 25.5. The summed E-state index contributed by atoms with van der Waals surface area (Å²) in [6.07, 6.45) is 7.49. The van der Waals surface area contributed by atoms with Gasteiger partial charge in [-0.25, -0.2) is 0 Å². The summed E-state index contributed by atoms with van der Waals surface area (Å²) in [7, 11) is -1.87. The van der Waals surface area contributed by atoms with Crippen molar-refractivity contribution in [1.29, 1.82) is 0 Å². The molecule has 33 heavy (non-hydrogen) atoms. The van der Waals surface area contributed by atoms with Gasteiger partial charge in [-0.2, -0.15) is 0 Å². The summed E-state index contributed by atoms with van der Waals surface area (Å²) >= 11 is 0. The Morgan fingerprint density at radius 1 is 0.970 bits per heavy atom. The van der Waals surface area contributed by atoms with Crippen LogP contribution in [0.5, 0.6) is 0 Å². The lowest BCUT2D eigenvalue weighted by Crippen LogP contribution is -2.55. The molecule has 3 saturated carbocycles. The van der Waals surface area contributed by atoms with Gasteiger partial charge >= 0.3 is 5.97 Å². The van der Waals surface area contributed by atoms with Crippen molar-refractivity contribution in [1.82, 2.24) is 0 Å². The minimum atomic E-state index is -1.87. The van der Waals surface area contributed by atoms with E-state index in [2.05, 4.69) is 47.7 Å². The van der Waals surface area contributed by atoms with Crippen molar-refractivity contribution in [2.45, 2.75) is 110 Å².